The molecule has 17 nitrogen and oxygen atoms in total. The van der Waals surface area contributed by atoms with E-state index in [1.54, 1.807) is 48.2 Å². The van der Waals surface area contributed by atoms with E-state index < -0.39 is 35.9 Å². The van der Waals surface area contributed by atoms with Crippen LogP contribution in [0.3, 0.4) is 0 Å². The number of carbonyl (C=O) groups is 4. The van der Waals surface area contributed by atoms with Crippen LogP contribution >= 0.6 is 0 Å². The Morgan fingerprint density at radius 1 is 0.671 bits per heavy atom. The first kappa shape index (κ1) is 93.6. The van der Waals surface area contributed by atoms with Gasteiger partial charge in [0.1, 0.15) is 6.10 Å². The summed E-state index contributed by atoms with van der Waals surface area (Å²) in [6, 6.07) is 0. The molecule has 3 N–H and O–H groups in total. The minimum atomic E-state index is -1.26. The summed E-state index contributed by atoms with van der Waals surface area (Å²) in [7, 11) is 5.84. The number of epoxide rings is 1. The van der Waals surface area contributed by atoms with E-state index in [-0.39, 0.29) is 115 Å². The van der Waals surface area contributed by atoms with Crippen LogP contribution in [0.4, 0.5) is 0 Å². The zero-order valence-corrected chi connectivity index (χ0v) is 48.0. The van der Waals surface area contributed by atoms with Crippen molar-refractivity contribution in [2.24, 2.45) is 11.8 Å². The van der Waals surface area contributed by atoms with Crippen LogP contribution in [0.5, 0.6) is 0 Å². The van der Waals surface area contributed by atoms with E-state index in [1.165, 1.54) is 31.8 Å². The van der Waals surface area contributed by atoms with Gasteiger partial charge in [0.15, 0.2) is 0 Å². The first-order chi connectivity index (χ1) is 32.4. The Morgan fingerprint density at radius 2 is 1.05 bits per heavy atom. The minimum absolute atomic E-state index is 0. The monoisotopic (exact) mass is 1070 g/mol. The molecule has 0 aromatic heterocycles. The smallest absolute Gasteiger partial charge is 0.550 e. The molecule has 73 heavy (non-hydrogen) atoms. The van der Waals surface area contributed by atoms with Gasteiger partial charge < -0.3 is 67.9 Å². The maximum absolute atomic E-state index is 11.9. The predicted octanol–water partition coefficient (Wildman–Crippen LogP) is 6.28. The van der Waals surface area contributed by atoms with Gasteiger partial charge in [-0.25, -0.2) is 0 Å². The Kier molecular flexibility index (Phi) is 90.0. The molecular weight excluding hydrogens is 956 g/mol. The number of methoxy groups -OCH3 is 3. The van der Waals surface area contributed by atoms with E-state index in [1.807, 2.05) is 46.8 Å². The Hall–Kier alpha value is -1.84. The molecule has 9 atom stereocenters. The van der Waals surface area contributed by atoms with E-state index in [4.69, 9.17) is 53.2 Å². The number of carboxylic acids is 1. The summed E-state index contributed by atoms with van der Waals surface area (Å²) in [4.78, 5) is 44.9. The average Bonchev–Trinajstić information content (AvgIpc) is 4.02. The molecule has 2 aliphatic rings. The second kappa shape index (κ2) is 70.2. The molecule has 2 fully saturated rings. The summed E-state index contributed by atoms with van der Waals surface area (Å²) < 4.78 is 44.7. The van der Waals surface area contributed by atoms with Crippen molar-refractivity contribution in [1.29, 1.82) is 0 Å². The molecule has 0 amide bonds. The molecule has 0 radical (unpaired) electrons. The molecule has 2 aliphatic heterocycles. The van der Waals surface area contributed by atoms with Crippen LogP contribution in [0.1, 0.15) is 183 Å². The molecule has 9 unspecified atom stereocenters. The number of esters is 3. The van der Waals surface area contributed by atoms with Crippen molar-refractivity contribution in [1.82, 2.24) is 0 Å². The maximum Gasteiger partial charge on any atom is 1.00 e. The van der Waals surface area contributed by atoms with Crippen molar-refractivity contribution < 1.29 is 112 Å². The van der Waals surface area contributed by atoms with Crippen molar-refractivity contribution in [3.05, 3.63) is 24.3 Å². The van der Waals surface area contributed by atoms with Crippen LogP contribution in [0.25, 0.3) is 0 Å². The first-order valence-electron chi connectivity index (χ1n) is 24.6. The molecule has 0 aromatic rings. The summed E-state index contributed by atoms with van der Waals surface area (Å²) in [5.74, 6) is -3.92. The largest absolute Gasteiger partial charge is 1.00 e. The van der Waals surface area contributed by atoms with Gasteiger partial charge >= 0.3 is 47.5 Å². The normalized spacial score (nSPS) is 16.5. The van der Waals surface area contributed by atoms with Crippen LogP contribution in [0.15, 0.2) is 24.3 Å². The summed E-state index contributed by atoms with van der Waals surface area (Å²) in [6.07, 6.45) is 17.6. The van der Waals surface area contributed by atoms with Crippen molar-refractivity contribution >= 4 is 23.9 Å². The van der Waals surface area contributed by atoms with E-state index >= 15 is 0 Å². The van der Waals surface area contributed by atoms with Gasteiger partial charge in [-0.15, -0.1) is 0 Å². The molecule has 2 rings (SSSR count). The number of carbonyl (C=O) groups excluding carboxylic acids is 4. The fourth-order valence-corrected chi connectivity index (χ4v) is 5.11. The standard InChI is InChI=1S/C19H34O6.C12H18O3.2C7H16O3.C3H6O.C2H6.CH4O.4CH4.Na/c1-5-6-7-8-9-10-11-17(19(21)22)12-18(20)25-16(3)14-24-15(2)13-23-4;1-2-3-4-5-6-7-8-10-9-11(13)15-12(10)14;2*1-6(8)4-10-7(2)5-9-3;1-3-2-4-3;2*1-2;;;;;/h10-11,15-17H,5-9,12-14H2,1-4H3,(H,21,22);7-8,10H,2-6,9H2,1H3;2*6-8H,4-5H2,1-3H3;3H,2H2,1H3;1-2H3;2H,1H3;4*1H4;/q;;;;;;;;;;;+1/p-1. The van der Waals surface area contributed by atoms with Crippen molar-refractivity contribution in [3.8, 4) is 0 Å². The molecule has 2 saturated heterocycles. The quantitative estimate of drug-likeness (QED) is 0.0173. The first-order valence-corrected chi connectivity index (χ1v) is 24.6. The van der Waals surface area contributed by atoms with Crippen LogP contribution in [0, 0.1) is 11.8 Å². The summed E-state index contributed by atoms with van der Waals surface area (Å²) in [6.45, 7) is 24.7. The fourth-order valence-electron chi connectivity index (χ4n) is 5.11. The van der Waals surface area contributed by atoms with Crippen LogP contribution < -0.4 is 34.7 Å². The van der Waals surface area contributed by atoms with Gasteiger partial charge in [0.2, 0.25) is 0 Å². The molecule has 18 heteroatoms. The third-order valence-corrected chi connectivity index (χ3v) is 8.67. The van der Waals surface area contributed by atoms with Crippen molar-refractivity contribution in [3.63, 3.8) is 0 Å². The van der Waals surface area contributed by atoms with Gasteiger partial charge in [-0.05, 0) is 74.1 Å². The van der Waals surface area contributed by atoms with Crippen LogP contribution in [-0.2, 0) is 61.8 Å². The van der Waals surface area contributed by atoms with Crippen LogP contribution in [-0.4, -0.2) is 157 Å². The second-order valence-corrected chi connectivity index (χ2v) is 16.2. The molecular formula is C55H115NaO17. The number of aliphatic hydroxyl groups is 3. The Balaban J connectivity index is -0.0000000890. The zero-order chi connectivity index (χ0) is 53.1. The number of hydrogen-bond acceptors (Lipinski definition) is 17. The Bertz CT molecular complexity index is 1170. The van der Waals surface area contributed by atoms with E-state index in [9.17, 15) is 24.3 Å². The van der Waals surface area contributed by atoms with E-state index in [0.717, 1.165) is 52.2 Å². The maximum atomic E-state index is 11.9. The predicted molar refractivity (Wildman–Crippen MR) is 291 cm³/mol. The number of cyclic esters (lactones) is 2. The SMILES string of the molecule is C.C.C.C.CC.CC1CO1.CCCCCCC=CC(CC(=O)OC(C)COC(C)COC)C(=O)[O-].CCCCCCC=CC1CC(=O)OC1=O.CO.COCC(C)OCC(C)O.COCC(C)OCC(C)O.[Na+]. The molecule has 0 saturated carbocycles. The van der Waals surface area contributed by atoms with E-state index in [0.29, 0.717) is 39.1 Å². The third kappa shape index (κ3) is 76.8. The zero-order valence-electron chi connectivity index (χ0n) is 46.0. The van der Waals surface area contributed by atoms with Crippen molar-refractivity contribution in [2.75, 3.05) is 74.7 Å². The number of aliphatic hydroxyl groups excluding tert-OH is 3. The van der Waals surface area contributed by atoms with Gasteiger partial charge in [-0.2, -0.15) is 0 Å². The van der Waals surface area contributed by atoms with Gasteiger partial charge in [-0.3, -0.25) is 14.4 Å². The number of aliphatic carboxylic acids is 1. The average molecular weight is 1070 g/mol. The Morgan fingerprint density at radius 3 is 1.37 bits per heavy atom. The van der Waals surface area contributed by atoms with Gasteiger partial charge in [-0.1, -0.05) is 120 Å². The molecule has 0 aromatic carbocycles. The topological polar surface area (TPSA) is 238 Å². The van der Waals surface area contributed by atoms with Crippen molar-refractivity contribution in [2.45, 2.75) is 226 Å². The number of allylic oxidation sites excluding steroid dienone is 2. The summed E-state index contributed by atoms with van der Waals surface area (Å²) in [5.41, 5.74) is 0. The summed E-state index contributed by atoms with van der Waals surface area (Å²) >= 11 is 0. The number of carboxylic acid groups (broad SMARTS) is 1. The number of unbranched alkanes of at least 4 members (excludes halogenated alkanes) is 8. The Labute approximate surface area is 469 Å². The minimum Gasteiger partial charge on any atom is -0.550 e. The van der Waals surface area contributed by atoms with Crippen LogP contribution in [0.2, 0.25) is 0 Å². The molecule has 2 heterocycles. The third-order valence-electron chi connectivity index (χ3n) is 8.67. The van der Waals surface area contributed by atoms with Gasteiger partial charge in [0.25, 0.3) is 0 Å². The summed E-state index contributed by atoms with van der Waals surface area (Å²) in [5, 5.41) is 35.8. The second-order valence-electron chi connectivity index (χ2n) is 16.2. The van der Waals surface area contributed by atoms with E-state index in [2.05, 4.69) is 25.5 Å². The molecule has 0 aliphatic carbocycles. The number of hydrogen-bond donors (Lipinski definition) is 3. The fraction of sp³-hybridized carbons (Fsp3) is 0.855. The number of ether oxygens (including phenoxy) is 9. The van der Waals surface area contributed by atoms with Gasteiger partial charge in [0, 0.05) is 40.3 Å². The number of rotatable bonds is 31. The molecule has 0 spiro atoms. The molecule has 438 valence electrons. The molecule has 0 bridgehead atoms. The van der Waals surface area contributed by atoms with Gasteiger partial charge in [0.05, 0.1) is 102 Å².